The summed E-state index contributed by atoms with van der Waals surface area (Å²) >= 11 is 0. The topological polar surface area (TPSA) is 116 Å². The fraction of sp³-hybridized carbons (Fsp3) is 0.650. The highest BCUT2D eigenvalue weighted by atomic mass is 127. The quantitative estimate of drug-likeness (QED) is 0.199. The van der Waals surface area contributed by atoms with E-state index >= 15 is 0 Å². The minimum Gasteiger partial charge on any atom is -0.355 e. The Kier molecular flexibility index (Phi) is 10.4. The van der Waals surface area contributed by atoms with E-state index in [1.165, 1.54) is 24.9 Å². The van der Waals surface area contributed by atoms with Crippen molar-refractivity contribution in [3.63, 3.8) is 0 Å². The van der Waals surface area contributed by atoms with Crippen LogP contribution in [-0.4, -0.2) is 69.4 Å². The number of aliphatic imine (C=N–C) groups is 1. The molecule has 1 aromatic heterocycles. The summed E-state index contributed by atoms with van der Waals surface area (Å²) in [7, 11) is -1.90. The molecule has 1 amide bonds. The number of pyridine rings is 1. The lowest BCUT2D eigenvalue weighted by Gasteiger charge is -2.26. The van der Waals surface area contributed by atoms with Gasteiger partial charge in [-0.15, -0.1) is 24.0 Å². The van der Waals surface area contributed by atoms with Crippen LogP contribution in [0.15, 0.2) is 34.4 Å². The first-order valence-corrected chi connectivity index (χ1v) is 12.1. The fourth-order valence-corrected chi connectivity index (χ4v) is 5.02. The number of guanidine groups is 1. The number of nitrogens with zero attached hydrogens (tertiary/aromatic N) is 3. The lowest BCUT2D eigenvalue weighted by molar-refractivity contribution is -0.135. The Morgan fingerprint density at radius 1 is 1.23 bits per heavy atom. The van der Waals surface area contributed by atoms with Crippen LogP contribution >= 0.6 is 24.0 Å². The van der Waals surface area contributed by atoms with Crippen LogP contribution in [0.25, 0.3) is 0 Å². The molecule has 1 atom stereocenters. The van der Waals surface area contributed by atoms with Crippen LogP contribution in [0.4, 0.5) is 0 Å². The molecule has 3 N–H and O–H groups in total. The molecule has 0 bridgehead atoms. The van der Waals surface area contributed by atoms with Crippen molar-refractivity contribution in [2.24, 2.45) is 10.9 Å². The third-order valence-corrected chi connectivity index (χ3v) is 7.12. The Morgan fingerprint density at radius 2 is 2.00 bits per heavy atom. The SMILES string of the molecule is CN=C(NCCNS(=O)(=O)c1cccnc1)NC1CCN(C(=O)C2CCCCC2)C1.I. The lowest BCUT2D eigenvalue weighted by atomic mass is 9.88. The molecule has 11 heteroatoms. The van der Waals surface area contributed by atoms with Gasteiger partial charge in [0.05, 0.1) is 0 Å². The molecule has 1 unspecified atom stereocenters. The van der Waals surface area contributed by atoms with Crippen LogP contribution < -0.4 is 15.4 Å². The monoisotopic (exact) mass is 564 g/mol. The van der Waals surface area contributed by atoms with Gasteiger partial charge < -0.3 is 15.5 Å². The Morgan fingerprint density at radius 3 is 2.68 bits per heavy atom. The van der Waals surface area contributed by atoms with Crippen molar-refractivity contribution in [2.75, 3.05) is 33.2 Å². The molecule has 1 aliphatic heterocycles. The summed E-state index contributed by atoms with van der Waals surface area (Å²) in [4.78, 5) is 22.9. The van der Waals surface area contributed by atoms with Gasteiger partial charge in [0.15, 0.2) is 5.96 Å². The van der Waals surface area contributed by atoms with Gasteiger partial charge in [0.25, 0.3) is 0 Å². The van der Waals surface area contributed by atoms with E-state index in [0.717, 1.165) is 38.6 Å². The van der Waals surface area contributed by atoms with Crippen molar-refractivity contribution in [3.05, 3.63) is 24.5 Å². The predicted octanol–water partition coefficient (Wildman–Crippen LogP) is 1.32. The van der Waals surface area contributed by atoms with E-state index in [4.69, 9.17) is 0 Å². The molecule has 1 saturated heterocycles. The number of sulfonamides is 1. The largest absolute Gasteiger partial charge is 0.355 e. The number of nitrogens with one attached hydrogen (secondary N) is 3. The summed E-state index contributed by atoms with van der Waals surface area (Å²) in [6.07, 6.45) is 9.33. The summed E-state index contributed by atoms with van der Waals surface area (Å²) in [5.41, 5.74) is 0. The van der Waals surface area contributed by atoms with Crippen LogP contribution in [0.1, 0.15) is 38.5 Å². The second-order valence-electron chi connectivity index (χ2n) is 7.83. The Balaban J connectivity index is 0.00000341. The van der Waals surface area contributed by atoms with Crippen molar-refractivity contribution in [3.8, 4) is 0 Å². The van der Waals surface area contributed by atoms with Crippen LogP contribution in [0.2, 0.25) is 0 Å². The number of halogens is 1. The lowest BCUT2D eigenvalue weighted by Crippen LogP contribution is -2.47. The molecule has 3 rings (SSSR count). The number of aromatic nitrogens is 1. The van der Waals surface area contributed by atoms with Crippen molar-refractivity contribution in [1.29, 1.82) is 0 Å². The van der Waals surface area contributed by atoms with E-state index in [1.54, 1.807) is 13.1 Å². The van der Waals surface area contributed by atoms with Gasteiger partial charge in [0.2, 0.25) is 15.9 Å². The average molecular weight is 564 g/mol. The molecule has 9 nitrogen and oxygen atoms in total. The number of hydrogen-bond donors (Lipinski definition) is 3. The van der Waals surface area contributed by atoms with Crippen LogP contribution in [0.3, 0.4) is 0 Å². The van der Waals surface area contributed by atoms with Gasteiger partial charge in [-0.05, 0) is 31.4 Å². The molecule has 1 saturated carbocycles. The first kappa shape index (κ1) is 25.8. The van der Waals surface area contributed by atoms with E-state index in [-0.39, 0.29) is 47.4 Å². The van der Waals surface area contributed by atoms with Gasteiger partial charge in [0.1, 0.15) is 4.90 Å². The second kappa shape index (κ2) is 12.5. The molecular weight excluding hydrogens is 531 g/mol. The molecule has 2 aliphatic rings. The zero-order valence-electron chi connectivity index (χ0n) is 17.9. The number of carbonyl (C=O) groups is 1. The Labute approximate surface area is 201 Å². The number of likely N-dealkylation sites (tertiary alicyclic amines) is 1. The molecule has 174 valence electrons. The average Bonchev–Trinajstić information content (AvgIpc) is 3.25. The highest BCUT2D eigenvalue weighted by molar-refractivity contribution is 14.0. The molecule has 1 aromatic rings. The van der Waals surface area contributed by atoms with Gasteiger partial charge in [0, 0.05) is 57.6 Å². The molecule has 31 heavy (non-hydrogen) atoms. The Hall–Kier alpha value is -1.47. The molecule has 2 heterocycles. The zero-order valence-corrected chi connectivity index (χ0v) is 21.1. The summed E-state index contributed by atoms with van der Waals surface area (Å²) in [5, 5.41) is 6.46. The van der Waals surface area contributed by atoms with E-state index in [9.17, 15) is 13.2 Å². The van der Waals surface area contributed by atoms with E-state index < -0.39 is 10.0 Å². The van der Waals surface area contributed by atoms with Gasteiger partial charge in [-0.1, -0.05) is 19.3 Å². The highest BCUT2D eigenvalue weighted by Crippen LogP contribution is 2.26. The molecule has 0 aromatic carbocycles. The number of amides is 1. The van der Waals surface area contributed by atoms with E-state index in [0.29, 0.717) is 25.0 Å². The number of hydrogen-bond acceptors (Lipinski definition) is 5. The van der Waals surface area contributed by atoms with E-state index in [1.807, 2.05) is 4.90 Å². The maximum absolute atomic E-state index is 12.7. The predicted molar refractivity (Wildman–Crippen MR) is 131 cm³/mol. The summed E-state index contributed by atoms with van der Waals surface area (Å²) < 4.78 is 26.9. The number of carbonyl (C=O) groups excluding carboxylic acids is 1. The van der Waals surface area contributed by atoms with Gasteiger partial charge in [-0.2, -0.15) is 0 Å². The second-order valence-corrected chi connectivity index (χ2v) is 9.60. The summed E-state index contributed by atoms with van der Waals surface area (Å²) in [6.45, 7) is 2.06. The van der Waals surface area contributed by atoms with Crippen LogP contribution in [0.5, 0.6) is 0 Å². The zero-order chi connectivity index (χ0) is 21.4. The van der Waals surface area contributed by atoms with Gasteiger partial charge in [-0.25, -0.2) is 13.1 Å². The van der Waals surface area contributed by atoms with E-state index in [2.05, 4.69) is 25.3 Å². The van der Waals surface area contributed by atoms with Crippen molar-refractivity contribution < 1.29 is 13.2 Å². The van der Waals surface area contributed by atoms with Gasteiger partial charge >= 0.3 is 0 Å². The first-order valence-electron chi connectivity index (χ1n) is 10.7. The molecular formula is C20H33IN6O3S. The van der Waals surface area contributed by atoms with Crippen molar-refractivity contribution in [1.82, 2.24) is 25.2 Å². The standard InChI is InChI=1S/C20H32N6O3S.HI/c1-21-20(23-11-12-24-30(28,29)18-8-5-10-22-14-18)25-17-9-13-26(15-17)19(27)16-6-3-2-4-7-16;/h5,8,10,14,16-17,24H,2-4,6-7,9,11-13,15H2,1H3,(H2,21,23,25);1H. The first-order chi connectivity index (χ1) is 14.5. The van der Waals surface area contributed by atoms with Gasteiger partial charge in [-0.3, -0.25) is 14.8 Å². The maximum Gasteiger partial charge on any atom is 0.242 e. The fourth-order valence-electron chi connectivity index (χ4n) is 4.03. The molecule has 0 spiro atoms. The third kappa shape index (κ3) is 7.56. The van der Waals surface area contributed by atoms with Crippen LogP contribution in [-0.2, 0) is 14.8 Å². The van der Waals surface area contributed by atoms with Crippen molar-refractivity contribution >= 4 is 45.9 Å². The maximum atomic E-state index is 12.7. The number of rotatable bonds is 7. The minimum absolute atomic E-state index is 0. The Bertz CT molecular complexity index is 831. The minimum atomic E-state index is -3.57. The highest BCUT2D eigenvalue weighted by Gasteiger charge is 2.31. The third-order valence-electron chi connectivity index (χ3n) is 5.67. The molecule has 1 aliphatic carbocycles. The summed E-state index contributed by atoms with van der Waals surface area (Å²) in [6, 6.07) is 3.24. The van der Waals surface area contributed by atoms with Crippen LogP contribution in [0, 0.1) is 5.92 Å². The normalized spacial score (nSPS) is 20.2. The smallest absolute Gasteiger partial charge is 0.242 e. The summed E-state index contributed by atoms with van der Waals surface area (Å²) in [5.74, 6) is 1.10. The van der Waals surface area contributed by atoms with Crippen molar-refractivity contribution in [2.45, 2.75) is 49.5 Å². The molecule has 2 fully saturated rings. The molecule has 0 radical (unpaired) electrons.